The minimum absolute atomic E-state index is 0.0356. The first-order chi connectivity index (χ1) is 11.7. The topological polar surface area (TPSA) is 42.0 Å². The molecule has 0 fully saturated rings. The van der Waals surface area contributed by atoms with Crippen LogP contribution in [0.2, 0.25) is 0 Å². The van der Waals surface area contributed by atoms with Crippen LogP contribution in [-0.2, 0) is 10.5 Å². The molecule has 0 aliphatic carbocycles. The molecule has 24 heavy (non-hydrogen) atoms. The second-order valence-electron chi connectivity index (χ2n) is 5.32. The summed E-state index contributed by atoms with van der Waals surface area (Å²) in [7, 11) is 0. The van der Waals surface area contributed by atoms with E-state index in [0.717, 1.165) is 32.6 Å². The van der Waals surface area contributed by atoms with Crippen LogP contribution in [0.15, 0.2) is 53.0 Å². The Kier molecular flexibility index (Phi) is 6.29. The summed E-state index contributed by atoms with van der Waals surface area (Å²) >= 11 is 6.81. The summed E-state index contributed by atoms with van der Waals surface area (Å²) in [6, 6.07) is 16.3. The third-order valence-corrected chi connectivity index (χ3v) is 5.94. The van der Waals surface area contributed by atoms with Crippen molar-refractivity contribution in [1.29, 1.82) is 0 Å². The summed E-state index contributed by atoms with van der Waals surface area (Å²) in [6.45, 7) is 0. The number of anilines is 1. The van der Waals surface area contributed by atoms with E-state index in [1.165, 1.54) is 16.9 Å². The molecule has 0 saturated heterocycles. The number of thioether (sulfide) groups is 1. The van der Waals surface area contributed by atoms with Gasteiger partial charge in [-0.1, -0.05) is 57.6 Å². The van der Waals surface area contributed by atoms with Crippen molar-refractivity contribution in [2.45, 2.75) is 18.6 Å². The Labute approximate surface area is 158 Å². The van der Waals surface area contributed by atoms with Crippen LogP contribution < -0.4 is 5.32 Å². The number of aromatic nitrogens is 1. The Balaban J connectivity index is 1.40. The number of hydrogen-bond acceptors (Lipinski definition) is 4. The van der Waals surface area contributed by atoms with Gasteiger partial charge in [0.1, 0.15) is 0 Å². The van der Waals surface area contributed by atoms with Crippen LogP contribution >= 0.6 is 39.0 Å². The van der Waals surface area contributed by atoms with Crippen LogP contribution in [0.1, 0.15) is 18.4 Å². The molecule has 0 aliphatic heterocycles. The average molecular weight is 421 g/mol. The van der Waals surface area contributed by atoms with Crippen LogP contribution in [0.25, 0.3) is 10.2 Å². The number of hydrogen-bond donors (Lipinski definition) is 1. The summed E-state index contributed by atoms with van der Waals surface area (Å²) in [5.74, 6) is 2.01. The van der Waals surface area contributed by atoms with E-state index in [9.17, 15) is 4.79 Å². The molecule has 0 spiro atoms. The molecule has 1 amide bonds. The third kappa shape index (κ3) is 5.06. The molecular formula is C18H17BrN2OS2. The summed E-state index contributed by atoms with van der Waals surface area (Å²) in [5, 5.41) is 3.57. The van der Waals surface area contributed by atoms with Crippen molar-refractivity contribution in [3.63, 3.8) is 0 Å². The van der Waals surface area contributed by atoms with Crippen LogP contribution in [0.3, 0.4) is 0 Å². The van der Waals surface area contributed by atoms with E-state index in [2.05, 4.69) is 50.5 Å². The van der Waals surface area contributed by atoms with Gasteiger partial charge in [-0.3, -0.25) is 4.79 Å². The highest BCUT2D eigenvalue weighted by atomic mass is 79.9. The largest absolute Gasteiger partial charge is 0.302 e. The average Bonchev–Trinajstić information content (AvgIpc) is 2.96. The van der Waals surface area contributed by atoms with Gasteiger partial charge in [0.15, 0.2) is 5.13 Å². The summed E-state index contributed by atoms with van der Waals surface area (Å²) in [6.07, 6.45) is 1.40. The molecular weight excluding hydrogens is 404 g/mol. The van der Waals surface area contributed by atoms with E-state index in [-0.39, 0.29) is 5.91 Å². The van der Waals surface area contributed by atoms with Gasteiger partial charge in [0.2, 0.25) is 5.91 Å². The molecule has 3 aromatic rings. The number of rotatable bonds is 7. The number of amides is 1. The molecule has 0 bridgehead atoms. The van der Waals surface area contributed by atoms with Gasteiger partial charge in [-0.2, -0.15) is 11.8 Å². The van der Waals surface area contributed by atoms with Crippen molar-refractivity contribution in [3.05, 3.63) is 58.6 Å². The lowest BCUT2D eigenvalue weighted by molar-refractivity contribution is -0.116. The smallest absolute Gasteiger partial charge is 0.226 e. The predicted molar refractivity (Wildman–Crippen MR) is 108 cm³/mol. The van der Waals surface area contributed by atoms with Crippen molar-refractivity contribution in [1.82, 2.24) is 4.98 Å². The summed E-state index contributed by atoms with van der Waals surface area (Å²) < 4.78 is 2.09. The maximum atomic E-state index is 12.0. The van der Waals surface area contributed by atoms with Crippen molar-refractivity contribution in [2.24, 2.45) is 0 Å². The highest BCUT2D eigenvalue weighted by molar-refractivity contribution is 9.10. The fraction of sp³-hybridized carbons (Fsp3) is 0.222. The fourth-order valence-corrected chi connectivity index (χ4v) is 4.59. The maximum absolute atomic E-state index is 12.0. The zero-order valence-electron chi connectivity index (χ0n) is 13.0. The van der Waals surface area contributed by atoms with Crippen molar-refractivity contribution >= 4 is 60.3 Å². The van der Waals surface area contributed by atoms with Gasteiger partial charge in [0.25, 0.3) is 0 Å². The number of carbonyl (C=O) groups is 1. The van der Waals surface area contributed by atoms with E-state index < -0.39 is 0 Å². The number of fused-ring (bicyclic) bond motifs is 1. The van der Waals surface area contributed by atoms with Gasteiger partial charge in [-0.05, 0) is 35.9 Å². The minimum atomic E-state index is 0.0356. The monoisotopic (exact) mass is 420 g/mol. The Bertz CT molecular complexity index is 820. The second-order valence-corrected chi connectivity index (χ2v) is 8.37. The van der Waals surface area contributed by atoms with Crippen LogP contribution in [0.5, 0.6) is 0 Å². The number of thiazole rings is 1. The molecule has 6 heteroatoms. The SMILES string of the molecule is O=C(CCCSCc1ccccc1)Nc1nc2ccc(Br)cc2s1. The van der Waals surface area contributed by atoms with Gasteiger partial charge in [-0.25, -0.2) is 4.98 Å². The van der Waals surface area contributed by atoms with E-state index in [4.69, 9.17) is 0 Å². The van der Waals surface area contributed by atoms with E-state index >= 15 is 0 Å². The molecule has 3 nitrogen and oxygen atoms in total. The quantitative estimate of drug-likeness (QED) is 0.497. The molecule has 124 valence electrons. The number of halogens is 1. The Morgan fingerprint density at radius 2 is 2.04 bits per heavy atom. The molecule has 1 heterocycles. The number of carbonyl (C=O) groups excluding carboxylic acids is 1. The van der Waals surface area contributed by atoms with E-state index in [1.54, 1.807) is 0 Å². The van der Waals surface area contributed by atoms with E-state index in [0.29, 0.717) is 11.6 Å². The first-order valence-corrected chi connectivity index (χ1v) is 10.4. The fourth-order valence-electron chi connectivity index (χ4n) is 2.23. The molecule has 0 unspecified atom stereocenters. The van der Waals surface area contributed by atoms with Gasteiger partial charge in [-0.15, -0.1) is 0 Å². The zero-order chi connectivity index (χ0) is 16.8. The van der Waals surface area contributed by atoms with Gasteiger partial charge < -0.3 is 5.32 Å². The second kappa shape index (κ2) is 8.65. The van der Waals surface area contributed by atoms with Gasteiger partial charge in [0.05, 0.1) is 10.2 Å². The molecule has 0 atom stereocenters. The Morgan fingerprint density at radius 1 is 1.21 bits per heavy atom. The highest BCUT2D eigenvalue weighted by Gasteiger charge is 2.08. The van der Waals surface area contributed by atoms with Crippen LogP contribution in [0, 0.1) is 0 Å². The zero-order valence-corrected chi connectivity index (χ0v) is 16.2. The predicted octanol–water partition coefficient (Wildman–Crippen LogP) is 5.71. The molecule has 0 aliphatic rings. The Hall–Kier alpha value is -1.37. The standard InChI is InChI=1S/C18H17BrN2OS2/c19-14-8-9-15-16(11-14)24-18(20-15)21-17(22)7-4-10-23-12-13-5-2-1-3-6-13/h1-3,5-6,8-9,11H,4,7,10,12H2,(H,20,21,22). The third-order valence-electron chi connectivity index (χ3n) is 3.40. The maximum Gasteiger partial charge on any atom is 0.226 e. The molecule has 1 aromatic heterocycles. The van der Waals surface area contributed by atoms with Crippen molar-refractivity contribution in [3.8, 4) is 0 Å². The minimum Gasteiger partial charge on any atom is -0.302 e. The van der Waals surface area contributed by atoms with Crippen molar-refractivity contribution in [2.75, 3.05) is 11.1 Å². The molecule has 2 aromatic carbocycles. The number of nitrogens with one attached hydrogen (secondary N) is 1. The lowest BCUT2D eigenvalue weighted by atomic mass is 10.2. The van der Waals surface area contributed by atoms with Gasteiger partial charge in [0, 0.05) is 16.6 Å². The lowest BCUT2D eigenvalue weighted by Crippen LogP contribution is -2.11. The van der Waals surface area contributed by atoms with Crippen LogP contribution in [-0.4, -0.2) is 16.6 Å². The number of nitrogens with zero attached hydrogens (tertiary/aromatic N) is 1. The molecule has 0 radical (unpaired) electrons. The van der Waals surface area contributed by atoms with E-state index in [1.807, 2.05) is 36.0 Å². The van der Waals surface area contributed by atoms with Gasteiger partial charge >= 0.3 is 0 Å². The first kappa shape index (κ1) is 17.5. The highest BCUT2D eigenvalue weighted by Crippen LogP contribution is 2.28. The number of benzene rings is 2. The summed E-state index contributed by atoms with van der Waals surface area (Å²) in [4.78, 5) is 16.5. The normalized spacial score (nSPS) is 10.9. The van der Waals surface area contributed by atoms with Crippen molar-refractivity contribution < 1.29 is 4.79 Å². The molecule has 0 saturated carbocycles. The molecule has 3 rings (SSSR count). The van der Waals surface area contributed by atoms with Crippen LogP contribution in [0.4, 0.5) is 5.13 Å². The lowest BCUT2D eigenvalue weighted by Gasteiger charge is -2.03. The summed E-state index contributed by atoms with van der Waals surface area (Å²) in [5.41, 5.74) is 2.24. The Morgan fingerprint density at radius 3 is 2.88 bits per heavy atom. The first-order valence-electron chi connectivity index (χ1n) is 7.68. The molecule has 1 N–H and O–H groups in total.